The number of nitrogens with one attached hydrogen (secondary N) is 8. The highest BCUT2D eigenvalue weighted by atomic mass is 32.2. The molecule has 0 aliphatic carbocycles. The van der Waals surface area contributed by atoms with Gasteiger partial charge in [-0.05, 0) is 152 Å². The van der Waals surface area contributed by atoms with Crippen molar-refractivity contribution in [3.8, 4) is 0 Å². The van der Waals surface area contributed by atoms with Crippen molar-refractivity contribution in [2.24, 2.45) is 0 Å². The minimum atomic E-state index is -0.0940. The van der Waals surface area contributed by atoms with Gasteiger partial charge in [0.25, 0.3) is 0 Å². The minimum absolute atomic E-state index is 0.0940. The molecule has 718 valence electrons. The van der Waals surface area contributed by atoms with Crippen LogP contribution in [0.2, 0.25) is 0 Å². The quantitative estimate of drug-likeness (QED) is 0.00926. The van der Waals surface area contributed by atoms with Gasteiger partial charge in [-0.2, -0.15) is 47.0 Å². The fourth-order valence-corrected chi connectivity index (χ4v) is 18.6. The Morgan fingerprint density at radius 1 is 0.205 bits per heavy atom. The lowest BCUT2D eigenvalue weighted by molar-refractivity contribution is -0.144. The molecule has 0 fully saturated rings. The molecule has 0 heterocycles. The molecule has 0 amide bonds. The maximum atomic E-state index is 12.4. The van der Waals surface area contributed by atoms with Crippen LogP contribution in [-0.4, -0.2) is 195 Å². The van der Waals surface area contributed by atoms with Crippen molar-refractivity contribution in [1.29, 1.82) is 21.6 Å². The normalized spacial score (nSPS) is 11.4. The number of unbranched alkanes of at least 4 members (excludes halogenated alkanes) is 45. The molecule has 0 unspecified atom stereocenters. The molecule has 0 saturated carbocycles. The second-order valence-electron chi connectivity index (χ2n) is 34.7. The Balaban J connectivity index is 5.32. The van der Waals surface area contributed by atoms with E-state index in [4.69, 9.17) is 40.6 Å². The minimum Gasteiger partial charge on any atom is -0.466 e. The third-order valence-corrected chi connectivity index (χ3v) is 27.1. The smallest absolute Gasteiger partial charge is 0.306 e. The summed E-state index contributed by atoms with van der Waals surface area (Å²) in [4.78, 5) is 54.8. The fraction of sp³-hybridized carbons (Fsp3) is 0.920. The fourth-order valence-electron chi connectivity index (χ4n) is 15.1. The van der Waals surface area contributed by atoms with Crippen molar-refractivity contribution in [3.63, 3.8) is 0 Å². The Hall–Kier alpha value is -2.92. The van der Waals surface area contributed by atoms with Crippen molar-refractivity contribution in [1.82, 2.24) is 31.1 Å². The van der Waals surface area contributed by atoms with Crippen molar-refractivity contribution in [3.05, 3.63) is 0 Å². The van der Waals surface area contributed by atoms with Crippen molar-refractivity contribution in [2.75, 3.05) is 138 Å². The van der Waals surface area contributed by atoms with Gasteiger partial charge in [-0.3, -0.25) is 40.8 Å². The molecule has 8 N–H and O–H groups in total. The maximum Gasteiger partial charge on any atom is 0.306 e. The van der Waals surface area contributed by atoms with Crippen molar-refractivity contribution >= 4 is 94.3 Å². The summed E-state index contributed by atoms with van der Waals surface area (Å²) < 4.78 is 22.2. The Morgan fingerprint density at radius 3 is 0.549 bits per heavy atom. The molecule has 0 saturated heterocycles. The highest BCUT2D eigenvalue weighted by molar-refractivity contribution is 7.99. The van der Waals surface area contributed by atoms with Crippen LogP contribution < -0.4 is 21.3 Å². The van der Waals surface area contributed by atoms with E-state index in [2.05, 4.69) is 58.8 Å². The van der Waals surface area contributed by atoms with Gasteiger partial charge in [-0.15, -0.1) is 0 Å². The van der Waals surface area contributed by atoms with E-state index in [0.29, 0.717) is 101 Å². The lowest BCUT2D eigenvalue weighted by Crippen LogP contribution is -2.34. The second kappa shape index (κ2) is 100. The van der Waals surface area contributed by atoms with Gasteiger partial charge in [0, 0.05) is 74.9 Å². The van der Waals surface area contributed by atoms with Crippen molar-refractivity contribution in [2.45, 2.75) is 451 Å². The van der Waals surface area contributed by atoms with Crippen LogP contribution in [0.15, 0.2) is 0 Å². The highest BCUT2D eigenvalue weighted by Crippen LogP contribution is 2.20. The molecular formula is C100H196N10O8S4. The molecule has 22 heteroatoms. The number of rotatable bonds is 101. The first-order valence-electron chi connectivity index (χ1n) is 51.6. The van der Waals surface area contributed by atoms with E-state index in [-0.39, 0.29) is 23.9 Å². The Labute approximate surface area is 769 Å². The third-order valence-electron chi connectivity index (χ3n) is 22.9. The molecule has 18 nitrogen and oxygen atoms in total. The van der Waals surface area contributed by atoms with Gasteiger partial charge in [0.15, 0.2) is 0 Å². The summed E-state index contributed by atoms with van der Waals surface area (Å²) in [6.07, 6.45) is 75.8. The summed E-state index contributed by atoms with van der Waals surface area (Å²) >= 11 is 7.09. The van der Waals surface area contributed by atoms with Crippen LogP contribution in [0.25, 0.3) is 0 Å². The number of carbonyl (C=O) groups excluding carboxylic acids is 4. The molecular weight excluding hydrogens is 1600 g/mol. The Kier molecular flexibility index (Phi) is 97.8. The zero-order chi connectivity index (χ0) is 88.5. The molecule has 0 aliphatic heterocycles. The summed E-state index contributed by atoms with van der Waals surface area (Å²) in [7, 11) is 0. The van der Waals surface area contributed by atoms with Crippen LogP contribution in [0.3, 0.4) is 0 Å². The predicted molar refractivity (Wildman–Crippen MR) is 536 cm³/mol. The van der Waals surface area contributed by atoms with Crippen LogP contribution in [0.1, 0.15) is 451 Å². The summed E-state index contributed by atoms with van der Waals surface area (Å²) in [5.41, 5.74) is 0. The number of nitrogens with zero attached hydrogens (tertiary/aromatic N) is 2. The molecule has 0 spiro atoms. The summed E-state index contributed by atoms with van der Waals surface area (Å²) in [5.74, 6) is 8.59. The second-order valence-corrected chi connectivity index (χ2v) is 39.6. The number of ether oxygens (including phenoxy) is 4. The molecule has 0 aromatic rings. The van der Waals surface area contributed by atoms with Crippen LogP contribution in [0.5, 0.6) is 0 Å². The molecule has 0 atom stereocenters. The number of esters is 4. The van der Waals surface area contributed by atoms with Crippen LogP contribution in [0, 0.1) is 21.6 Å². The van der Waals surface area contributed by atoms with Gasteiger partial charge in [-0.25, -0.2) is 0 Å². The van der Waals surface area contributed by atoms with Gasteiger partial charge >= 0.3 is 23.9 Å². The largest absolute Gasteiger partial charge is 0.466 e. The van der Waals surface area contributed by atoms with Crippen LogP contribution >= 0.6 is 47.0 Å². The number of carbonyl (C=O) groups is 4. The summed E-state index contributed by atoms with van der Waals surface area (Å²) in [6.45, 7) is 19.8. The zero-order valence-electron chi connectivity index (χ0n) is 80.0. The average molecular weight is 1790 g/mol. The van der Waals surface area contributed by atoms with Gasteiger partial charge in [0.2, 0.25) is 0 Å². The van der Waals surface area contributed by atoms with E-state index >= 15 is 0 Å². The van der Waals surface area contributed by atoms with Gasteiger partial charge in [0.1, 0.15) is 0 Å². The van der Waals surface area contributed by atoms with E-state index in [1.165, 1.54) is 257 Å². The van der Waals surface area contributed by atoms with Gasteiger partial charge < -0.3 is 50.0 Å². The first-order valence-corrected chi connectivity index (χ1v) is 56.2. The summed E-state index contributed by atoms with van der Waals surface area (Å²) in [5, 5.41) is 48.4. The highest BCUT2D eigenvalue weighted by Gasteiger charge is 2.14. The zero-order valence-corrected chi connectivity index (χ0v) is 83.3. The van der Waals surface area contributed by atoms with Gasteiger partial charge in [-0.1, -0.05) is 310 Å². The molecule has 0 radical (unpaired) electrons. The van der Waals surface area contributed by atoms with Gasteiger partial charge in [0.05, 0.1) is 75.5 Å². The topological polar surface area (TPSA) is 255 Å². The predicted octanol–water partition coefficient (Wildman–Crippen LogP) is 26.8. The third kappa shape index (κ3) is 96.2. The standard InChI is InChI=1S/C100H196N10O8S4/c1-5-9-13-17-21-25-29-33-37-41-45-51-81-115-97(111)67-89-119-85-55-63-93(101)105-71-59-77-109(78-60-72-106-94(102)64-56-86-120-90-68-98(112)116-82-52-46-42-38-34-30-26-22-18-14-10-6-2)75-49-50-76-110(79-61-73-107-95(103)65-57-87-121-91-69-99(113)117-83-53-47-43-39-35-31-27-23-19-15-11-7-3)80-62-74-108-96(104)66-58-88-122-92-70-100(114)118-84-54-48-44-40-36-32-28-24-20-16-12-8-4/h5-92H2,1-4H3,(H2,101,105)(H2,102,106)(H2,103,107)(H2,104,108). The van der Waals surface area contributed by atoms with Crippen LogP contribution in [-0.2, 0) is 38.1 Å². The number of amidine groups is 4. The Bertz CT molecular complexity index is 2020. The lowest BCUT2D eigenvalue weighted by Gasteiger charge is -2.25. The average Bonchev–Trinajstić information content (AvgIpc) is 0.979. The molecule has 0 aromatic heterocycles. The molecule has 0 rings (SSSR count). The first kappa shape index (κ1) is 119. The lowest BCUT2D eigenvalue weighted by atomic mass is 10.1. The van der Waals surface area contributed by atoms with Crippen molar-refractivity contribution < 1.29 is 38.1 Å². The van der Waals surface area contributed by atoms with E-state index < -0.39 is 0 Å². The van der Waals surface area contributed by atoms with E-state index in [0.717, 1.165) is 227 Å². The van der Waals surface area contributed by atoms with E-state index in [1.54, 1.807) is 47.0 Å². The molecule has 122 heavy (non-hydrogen) atoms. The molecule has 0 aliphatic rings. The Morgan fingerprint density at radius 2 is 0.369 bits per heavy atom. The molecule has 0 bridgehead atoms. The first-order chi connectivity index (χ1) is 59.9. The molecule has 0 aromatic carbocycles. The summed E-state index contributed by atoms with van der Waals surface area (Å²) in [6, 6.07) is 0. The number of hydrogen-bond donors (Lipinski definition) is 8. The van der Waals surface area contributed by atoms with E-state index in [1.807, 2.05) is 0 Å². The van der Waals surface area contributed by atoms with E-state index in [9.17, 15) is 19.2 Å². The SMILES string of the molecule is CCCCCCCCCCCCCCOC(=O)CCSCCCC(=N)NCCCN(CCCCN(CCCNC(=N)CCCSCCC(=O)OCCCCCCCCCCCCCC)CCCNC(=N)CCCSCCC(=O)OCCCCCCCCCCCCCC)CCCNC(=N)CCCSCCC(=O)OCCCCCCCCCCCCCC. The number of thioether (sulfide) groups is 4. The monoisotopic (exact) mass is 1790 g/mol. The maximum absolute atomic E-state index is 12.4. The van der Waals surface area contributed by atoms with Crippen LogP contribution in [0.4, 0.5) is 0 Å². The number of hydrogen-bond acceptors (Lipinski definition) is 18.